The van der Waals surface area contributed by atoms with Crippen LogP contribution < -0.4 is 5.32 Å². The lowest BCUT2D eigenvalue weighted by Crippen LogP contribution is -2.33. The van der Waals surface area contributed by atoms with Crippen LogP contribution in [0.1, 0.15) is 16.8 Å². The van der Waals surface area contributed by atoms with Crippen molar-refractivity contribution in [1.29, 1.82) is 0 Å². The molecule has 6 heteroatoms. The number of nitrogens with one attached hydrogen (secondary N) is 1. The number of hydrogen-bond acceptors (Lipinski definition) is 4. The highest BCUT2D eigenvalue weighted by Crippen LogP contribution is 2.32. The van der Waals surface area contributed by atoms with E-state index in [0.29, 0.717) is 6.54 Å². The molecule has 2 heterocycles. The molecule has 94 valence electrons. The molecular weight excluding hydrogens is 368 g/mol. The van der Waals surface area contributed by atoms with Gasteiger partial charge in [0.1, 0.15) is 0 Å². The molecule has 0 bridgehead atoms. The predicted molar refractivity (Wildman–Crippen MR) is 78.0 cm³/mol. The lowest BCUT2D eigenvalue weighted by Gasteiger charge is -2.17. The molecule has 0 saturated carbocycles. The zero-order valence-electron chi connectivity index (χ0n) is 9.34. The van der Waals surface area contributed by atoms with Gasteiger partial charge >= 0.3 is 0 Å². The van der Waals surface area contributed by atoms with Gasteiger partial charge in [-0.15, -0.1) is 11.3 Å². The van der Waals surface area contributed by atoms with Crippen molar-refractivity contribution in [3.8, 4) is 0 Å². The number of ketones is 1. The second-order valence-corrected chi connectivity index (χ2v) is 7.79. The summed E-state index contributed by atoms with van der Waals surface area (Å²) in [5.41, 5.74) is 0.791. The average molecular weight is 382 g/mol. The van der Waals surface area contributed by atoms with Gasteiger partial charge in [-0.2, -0.15) is 0 Å². The predicted octanol–water partition coefficient (Wildman–Crippen LogP) is 2.75. The molecular formula is C11H14Br2N2OS. The van der Waals surface area contributed by atoms with Crippen LogP contribution in [-0.2, 0) is 0 Å². The summed E-state index contributed by atoms with van der Waals surface area (Å²) < 4.78 is 1.91. The van der Waals surface area contributed by atoms with Crippen molar-refractivity contribution in [3.05, 3.63) is 19.2 Å². The molecule has 1 aliphatic rings. The van der Waals surface area contributed by atoms with Crippen LogP contribution in [0.4, 0.5) is 0 Å². The summed E-state index contributed by atoms with van der Waals surface area (Å²) >= 11 is 8.38. The fourth-order valence-corrected chi connectivity index (χ4v) is 4.73. The van der Waals surface area contributed by atoms with E-state index in [1.165, 1.54) is 0 Å². The van der Waals surface area contributed by atoms with Crippen LogP contribution in [0.2, 0.25) is 0 Å². The van der Waals surface area contributed by atoms with Gasteiger partial charge in [0, 0.05) is 18.7 Å². The summed E-state index contributed by atoms with van der Waals surface area (Å²) in [6, 6.07) is 1.90. The highest BCUT2D eigenvalue weighted by atomic mass is 79.9. The van der Waals surface area contributed by atoms with Gasteiger partial charge in [0.2, 0.25) is 0 Å². The fraction of sp³-hybridized carbons (Fsp3) is 0.545. The molecule has 0 atom stereocenters. The molecule has 1 saturated heterocycles. The van der Waals surface area contributed by atoms with E-state index in [0.717, 1.165) is 45.7 Å². The zero-order valence-corrected chi connectivity index (χ0v) is 13.3. The first-order valence-electron chi connectivity index (χ1n) is 5.58. The number of nitrogens with zero attached hydrogens (tertiary/aromatic N) is 1. The number of rotatable bonds is 3. The summed E-state index contributed by atoms with van der Waals surface area (Å²) in [7, 11) is 0. The van der Waals surface area contributed by atoms with E-state index in [2.05, 4.69) is 42.1 Å². The summed E-state index contributed by atoms with van der Waals surface area (Å²) in [6.07, 6.45) is 1.11. The van der Waals surface area contributed by atoms with Crippen LogP contribution in [0.5, 0.6) is 0 Å². The molecule has 2 rings (SSSR count). The Morgan fingerprint density at radius 3 is 2.94 bits per heavy atom. The van der Waals surface area contributed by atoms with Gasteiger partial charge in [-0.1, -0.05) is 0 Å². The monoisotopic (exact) mass is 380 g/mol. The molecule has 3 nitrogen and oxygen atoms in total. The second kappa shape index (κ2) is 6.43. The van der Waals surface area contributed by atoms with Gasteiger partial charge in [-0.25, -0.2) is 0 Å². The maximum Gasteiger partial charge on any atom is 0.178 e. The maximum absolute atomic E-state index is 12.2. The van der Waals surface area contributed by atoms with Gasteiger partial charge in [-0.3, -0.25) is 9.69 Å². The average Bonchev–Trinajstić information content (AvgIpc) is 2.51. The van der Waals surface area contributed by atoms with Gasteiger partial charge in [0.15, 0.2) is 5.78 Å². The largest absolute Gasteiger partial charge is 0.315 e. The Balaban J connectivity index is 1.98. The van der Waals surface area contributed by atoms with Crippen LogP contribution in [0.15, 0.2) is 13.6 Å². The molecule has 0 spiro atoms. The van der Waals surface area contributed by atoms with E-state index >= 15 is 0 Å². The Morgan fingerprint density at radius 1 is 1.41 bits per heavy atom. The molecule has 0 radical (unpaired) electrons. The molecule has 0 amide bonds. The number of hydrogen-bond donors (Lipinski definition) is 1. The van der Waals surface area contributed by atoms with Crippen LogP contribution in [0.3, 0.4) is 0 Å². The van der Waals surface area contributed by atoms with Gasteiger partial charge < -0.3 is 5.32 Å². The Labute approximate surface area is 122 Å². The first kappa shape index (κ1) is 13.7. The second-order valence-electron chi connectivity index (χ2n) is 4.04. The number of thiophene rings is 1. The lowest BCUT2D eigenvalue weighted by molar-refractivity contribution is 0.0935. The molecule has 1 fully saturated rings. The van der Waals surface area contributed by atoms with Crippen molar-refractivity contribution in [2.24, 2.45) is 0 Å². The SMILES string of the molecule is O=C(CN1CCCNCC1)c1cc(Br)sc1Br. The number of carbonyl (C=O) groups excluding carboxylic acids is 1. The Hall–Kier alpha value is 0.250. The highest BCUT2D eigenvalue weighted by molar-refractivity contribution is 9.12. The van der Waals surface area contributed by atoms with Crippen molar-refractivity contribution in [1.82, 2.24) is 10.2 Å². The van der Waals surface area contributed by atoms with E-state index in [4.69, 9.17) is 0 Å². The van der Waals surface area contributed by atoms with Crippen LogP contribution >= 0.6 is 43.2 Å². The molecule has 1 aromatic heterocycles. The molecule has 0 aliphatic carbocycles. The third-order valence-corrected chi connectivity index (χ3v) is 5.10. The zero-order chi connectivity index (χ0) is 12.3. The number of halogens is 2. The first-order valence-corrected chi connectivity index (χ1v) is 7.98. The van der Waals surface area contributed by atoms with Crippen molar-refractivity contribution in [2.45, 2.75) is 6.42 Å². The van der Waals surface area contributed by atoms with Gasteiger partial charge in [0.05, 0.1) is 14.1 Å². The fourth-order valence-electron chi connectivity index (χ4n) is 1.88. The topological polar surface area (TPSA) is 32.3 Å². The van der Waals surface area contributed by atoms with Crippen molar-refractivity contribution in [2.75, 3.05) is 32.7 Å². The Bertz CT molecular complexity index is 400. The molecule has 0 aromatic carbocycles. The normalized spacial score (nSPS) is 18.0. The van der Waals surface area contributed by atoms with E-state index in [-0.39, 0.29) is 5.78 Å². The van der Waals surface area contributed by atoms with Crippen molar-refractivity contribution in [3.63, 3.8) is 0 Å². The van der Waals surface area contributed by atoms with Crippen LogP contribution in [0.25, 0.3) is 0 Å². The van der Waals surface area contributed by atoms with Crippen LogP contribution in [-0.4, -0.2) is 43.4 Å². The molecule has 17 heavy (non-hydrogen) atoms. The van der Waals surface area contributed by atoms with Gasteiger partial charge in [-0.05, 0) is 57.4 Å². The minimum atomic E-state index is 0.195. The molecule has 0 unspecified atom stereocenters. The van der Waals surface area contributed by atoms with Crippen LogP contribution in [0, 0.1) is 0 Å². The third-order valence-electron chi connectivity index (χ3n) is 2.76. The smallest absolute Gasteiger partial charge is 0.178 e. The highest BCUT2D eigenvalue weighted by Gasteiger charge is 2.17. The van der Waals surface area contributed by atoms with E-state index < -0.39 is 0 Å². The summed E-state index contributed by atoms with van der Waals surface area (Å²) in [5, 5.41) is 3.34. The van der Waals surface area contributed by atoms with Crippen molar-refractivity contribution >= 4 is 49.0 Å². The van der Waals surface area contributed by atoms with E-state index in [9.17, 15) is 4.79 Å². The summed E-state index contributed by atoms with van der Waals surface area (Å²) in [4.78, 5) is 14.4. The summed E-state index contributed by atoms with van der Waals surface area (Å²) in [5.74, 6) is 0.195. The maximum atomic E-state index is 12.2. The Morgan fingerprint density at radius 2 is 2.24 bits per heavy atom. The minimum Gasteiger partial charge on any atom is -0.315 e. The minimum absolute atomic E-state index is 0.195. The molecule has 1 aliphatic heterocycles. The van der Waals surface area contributed by atoms with E-state index in [1.807, 2.05) is 6.07 Å². The lowest BCUT2D eigenvalue weighted by atomic mass is 10.2. The Kier molecular flexibility index (Phi) is 5.17. The molecule has 1 aromatic rings. The first-order chi connectivity index (χ1) is 8.16. The van der Waals surface area contributed by atoms with Gasteiger partial charge in [0.25, 0.3) is 0 Å². The third kappa shape index (κ3) is 3.86. The number of Topliss-reactive ketones (excluding diaryl/α,β-unsaturated/α-hetero) is 1. The summed E-state index contributed by atoms with van der Waals surface area (Å²) in [6.45, 7) is 4.50. The quantitative estimate of drug-likeness (QED) is 0.817. The van der Waals surface area contributed by atoms with E-state index in [1.54, 1.807) is 11.3 Å². The number of carbonyl (C=O) groups is 1. The van der Waals surface area contributed by atoms with Crippen molar-refractivity contribution < 1.29 is 4.79 Å². The molecule has 1 N–H and O–H groups in total. The standard InChI is InChI=1S/C11H14Br2N2OS/c12-10-6-8(11(13)17-10)9(16)7-15-4-1-2-14-3-5-15/h6,14H,1-5,7H2.